The summed E-state index contributed by atoms with van der Waals surface area (Å²) in [4.78, 5) is 0. The van der Waals surface area contributed by atoms with Crippen molar-refractivity contribution in [3.8, 4) is 5.75 Å². The van der Waals surface area contributed by atoms with Crippen LogP contribution in [-0.4, -0.2) is 11.9 Å². The highest BCUT2D eigenvalue weighted by atomic mass is 16.5. The summed E-state index contributed by atoms with van der Waals surface area (Å²) in [6, 6.07) is 7.81. The topological polar surface area (TPSA) is 59.1 Å². The summed E-state index contributed by atoms with van der Waals surface area (Å²) in [5, 5.41) is 7.23. The number of amidine groups is 1. The molecule has 76 valence electrons. The van der Waals surface area contributed by atoms with Crippen LogP contribution in [0.4, 0.5) is 0 Å². The molecule has 0 spiro atoms. The first-order valence-electron chi connectivity index (χ1n) is 4.73. The Labute approximate surface area is 84.4 Å². The van der Waals surface area contributed by atoms with Gasteiger partial charge in [-0.25, -0.2) is 0 Å². The van der Waals surface area contributed by atoms with E-state index in [1.54, 1.807) is 6.92 Å². The standard InChI is InChI=1S/C11H16N2O/c1-3-9-6-4-5-7-10(9)14-8(2)11(12)13/h4-8H,3H2,1-2H3,(H3,12,13). The highest BCUT2D eigenvalue weighted by molar-refractivity contribution is 5.81. The molecule has 0 amide bonds. The van der Waals surface area contributed by atoms with Crippen LogP contribution in [-0.2, 0) is 6.42 Å². The van der Waals surface area contributed by atoms with Crippen molar-refractivity contribution in [1.82, 2.24) is 0 Å². The van der Waals surface area contributed by atoms with Crippen molar-refractivity contribution in [2.75, 3.05) is 0 Å². The zero-order valence-corrected chi connectivity index (χ0v) is 8.58. The second kappa shape index (κ2) is 4.65. The van der Waals surface area contributed by atoms with Gasteiger partial charge in [-0.15, -0.1) is 0 Å². The smallest absolute Gasteiger partial charge is 0.152 e. The number of ether oxygens (including phenoxy) is 1. The van der Waals surface area contributed by atoms with Crippen LogP contribution in [0.15, 0.2) is 24.3 Å². The number of aryl methyl sites for hydroxylation is 1. The molecule has 0 radical (unpaired) electrons. The summed E-state index contributed by atoms with van der Waals surface area (Å²) in [5.41, 5.74) is 6.47. The molecule has 0 fully saturated rings. The van der Waals surface area contributed by atoms with E-state index < -0.39 is 0 Å². The molecule has 0 aliphatic rings. The molecule has 0 saturated heterocycles. The molecule has 0 aromatic heterocycles. The van der Waals surface area contributed by atoms with Gasteiger partial charge in [0.15, 0.2) is 6.10 Å². The van der Waals surface area contributed by atoms with E-state index in [4.69, 9.17) is 15.9 Å². The molecule has 1 rings (SSSR count). The highest BCUT2D eigenvalue weighted by Crippen LogP contribution is 2.19. The maximum absolute atomic E-state index is 7.23. The molecule has 0 aliphatic heterocycles. The van der Waals surface area contributed by atoms with Gasteiger partial charge >= 0.3 is 0 Å². The van der Waals surface area contributed by atoms with Gasteiger partial charge in [-0.05, 0) is 25.0 Å². The SMILES string of the molecule is CCc1ccccc1OC(C)C(=N)N. The van der Waals surface area contributed by atoms with Gasteiger partial charge in [0.05, 0.1) is 0 Å². The Morgan fingerprint density at radius 3 is 2.71 bits per heavy atom. The minimum Gasteiger partial charge on any atom is -0.483 e. The van der Waals surface area contributed by atoms with Crippen LogP contribution in [0.3, 0.4) is 0 Å². The summed E-state index contributed by atoms with van der Waals surface area (Å²) >= 11 is 0. The Hall–Kier alpha value is -1.51. The summed E-state index contributed by atoms with van der Waals surface area (Å²) in [6.45, 7) is 3.84. The third kappa shape index (κ3) is 2.49. The van der Waals surface area contributed by atoms with E-state index >= 15 is 0 Å². The van der Waals surface area contributed by atoms with E-state index in [-0.39, 0.29) is 11.9 Å². The van der Waals surface area contributed by atoms with E-state index in [1.165, 1.54) is 0 Å². The lowest BCUT2D eigenvalue weighted by Gasteiger charge is -2.15. The van der Waals surface area contributed by atoms with Gasteiger partial charge in [0.25, 0.3) is 0 Å². The van der Waals surface area contributed by atoms with Crippen LogP contribution in [0.5, 0.6) is 5.75 Å². The van der Waals surface area contributed by atoms with Crippen LogP contribution in [0.2, 0.25) is 0 Å². The maximum Gasteiger partial charge on any atom is 0.152 e. The van der Waals surface area contributed by atoms with Gasteiger partial charge in [-0.2, -0.15) is 0 Å². The minimum absolute atomic E-state index is 0.0518. The van der Waals surface area contributed by atoms with E-state index in [1.807, 2.05) is 24.3 Å². The van der Waals surface area contributed by atoms with Crippen molar-refractivity contribution in [3.05, 3.63) is 29.8 Å². The Kier molecular flexibility index (Phi) is 3.51. The number of nitrogens with two attached hydrogens (primary N) is 1. The number of hydrogen-bond acceptors (Lipinski definition) is 2. The fraction of sp³-hybridized carbons (Fsp3) is 0.364. The highest BCUT2D eigenvalue weighted by Gasteiger charge is 2.08. The molecule has 1 atom stereocenters. The first kappa shape index (κ1) is 10.6. The van der Waals surface area contributed by atoms with Crippen LogP contribution < -0.4 is 10.5 Å². The van der Waals surface area contributed by atoms with Crippen LogP contribution >= 0.6 is 0 Å². The lowest BCUT2D eigenvalue weighted by Crippen LogP contribution is -2.30. The molecule has 1 aromatic rings. The molecule has 0 heterocycles. The Balaban J connectivity index is 2.80. The molecule has 14 heavy (non-hydrogen) atoms. The van der Waals surface area contributed by atoms with Gasteiger partial charge in [0.2, 0.25) is 0 Å². The Morgan fingerprint density at radius 2 is 2.14 bits per heavy atom. The summed E-state index contributed by atoms with van der Waals surface area (Å²) in [7, 11) is 0. The average molecular weight is 192 g/mol. The molecule has 1 aromatic carbocycles. The molecule has 3 heteroatoms. The monoisotopic (exact) mass is 192 g/mol. The molecule has 0 aliphatic carbocycles. The van der Waals surface area contributed by atoms with Crippen molar-refractivity contribution < 1.29 is 4.74 Å². The largest absolute Gasteiger partial charge is 0.483 e. The van der Waals surface area contributed by atoms with Crippen molar-refractivity contribution >= 4 is 5.84 Å². The first-order valence-corrected chi connectivity index (χ1v) is 4.73. The second-order valence-electron chi connectivity index (χ2n) is 3.18. The second-order valence-corrected chi connectivity index (χ2v) is 3.18. The van der Waals surface area contributed by atoms with E-state index in [0.29, 0.717) is 0 Å². The zero-order valence-electron chi connectivity index (χ0n) is 8.58. The van der Waals surface area contributed by atoms with Crippen LogP contribution in [0.25, 0.3) is 0 Å². The van der Waals surface area contributed by atoms with E-state index in [0.717, 1.165) is 17.7 Å². The van der Waals surface area contributed by atoms with Gasteiger partial charge in [0, 0.05) is 0 Å². The van der Waals surface area contributed by atoms with Crippen LogP contribution in [0, 0.1) is 5.41 Å². The molecular formula is C11H16N2O. The lowest BCUT2D eigenvalue weighted by molar-refractivity contribution is 0.282. The predicted octanol–water partition coefficient (Wildman–Crippen LogP) is 1.95. The Bertz CT molecular complexity index is 323. The maximum atomic E-state index is 7.23. The van der Waals surface area contributed by atoms with Crippen molar-refractivity contribution in [2.45, 2.75) is 26.4 Å². The zero-order chi connectivity index (χ0) is 10.6. The summed E-state index contributed by atoms with van der Waals surface area (Å²) in [6.07, 6.45) is 0.559. The molecule has 0 bridgehead atoms. The normalized spacial score (nSPS) is 12.1. The molecular weight excluding hydrogens is 176 g/mol. The van der Waals surface area contributed by atoms with Gasteiger partial charge < -0.3 is 10.5 Å². The lowest BCUT2D eigenvalue weighted by atomic mass is 10.1. The van der Waals surface area contributed by atoms with Gasteiger partial charge in [0.1, 0.15) is 11.6 Å². The van der Waals surface area contributed by atoms with Crippen LogP contribution in [0.1, 0.15) is 19.4 Å². The quantitative estimate of drug-likeness (QED) is 0.566. The minimum atomic E-state index is -0.359. The van der Waals surface area contributed by atoms with Crippen molar-refractivity contribution in [2.24, 2.45) is 5.73 Å². The van der Waals surface area contributed by atoms with Crippen molar-refractivity contribution in [1.29, 1.82) is 5.41 Å². The number of nitrogens with one attached hydrogen (secondary N) is 1. The summed E-state index contributed by atoms with van der Waals surface area (Å²) in [5.74, 6) is 0.869. The third-order valence-corrected chi connectivity index (χ3v) is 2.10. The Morgan fingerprint density at radius 1 is 1.50 bits per heavy atom. The third-order valence-electron chi connectivity index (χ3n) is 2.10. The van der Waals surface area contributed by atoms with Gasteiger partial charge in [-0.1, -0.05) is 25.1 Å². The van der Waals surface area contributed by atoms with E-state index in [2.05, 4.69) is 6.92 Å². The van der Waals surface area contributed by atoms with Gasteiger partial charge in [-0.3, -0.25) is 5.41 Å². The number of hydrogen-bond donors (Lipinski definition) is 2. The number of para-hydroxylation sites is 1. The first-order chi connectivity index (χ1) is 6.65. The molecule has 1 unspecified atom stereocenters. The number of rotatable bonds is 4. The fourth-order valence-corrected chi connectivity index (χ4v) is 1.16. The molecule has 0 saturated carbocycles. The predicted molar refractivity (Wildman–Crippen MR) is 57.8 cm³/mol. The molecule has 3 nitrogen and oxygen atoms in total. The van der Waals surface area contributed by atoms with Crippen molar-refractivity contribution in [3.63, 3.8) is 0 Å². The summed E-state index contributed by atoms with van der Waals surface area (Å²) < 4.78 is 5.55. The fourth-order valence-electron chi connectivity index (χ4n) is 1.16. The average Bonchev–Trinajstić information content (AvgIpc) is 2.18. The molecule has 3 N–H and O–H groups in total. The number of benzene rings is 1. The van der Waals surface area contributed by atoms with E-state index in [9.17, 15) is 0 Å².